The van der Waals surface area contributed by atoms with Gasteiger partial charge in [-0.1, -0.05) is 30.3 Å². The molecule has 2 aromatic carbocycles. The molecule has 0 aromatic heterocycles. The highest BCUT2D eigenvalue weighted by Crippen LogP contribution is 2.37. The van der Waals surface area contributed by atoms with Gasteiger partial charge in [0.15, 0.2) is 5.78 Å². The van der Waals surface area contributed by atoms with Gasteiger partial charge in [-0.25, -0.2) is 0 Å². The van der Waals surface area contributed by atoms with Crippen LogP contribution in [0.15, 0.2) is 71.3 Å². The molecule has 0 radical (unpaired) electrons. The third kappa shape index (κ3) is 3.20. The molecule has 25 heavy (non-hydrogen) atoms. The Bertz CT molecular complexity index is 942. The lowest BCUT2D eigenvalue weighted by Gasteiger charge is -2.20. The lowest BCUT2D eigenvalue weighted by Crippen LogP contribution is -2.06. The molecule has 1 aliphatic rings. The van der Waals surface area contributed by atoms with Gasteiger partial charge in [-0.05, 0) is 96.5 Å². The first-order valence-corrected chi connectivity index (χ1v) is 8.40. The average Bonchev–Trinajstić information content (AvgIpc) is 2.58. The van der Waals surface area contributed by atoms with Crippen molar-refractivity contribution in [3.8, 4) is 5.75 Å². The van der Waals surface area contributed by atoms with Crippen LogP contribution in [-0.4, -0.2) is 10.9 Å². The second-order valence-corrected chi connectivity index (χ2v) is 6.63. The Kier molecular flexibility index (Phi) is 4.45. The van der Waals surface area contributed by atoms with Gasteiger partial charge in [0, 0.05) is 0 Å². The smallest absolute Gasteiger partial charge is 0.181 e. The third-order valence-corrected chi connectivity index (χ3v) is 4.67. The van der Waals surface area contributed by atoms with Gasteiger partial charge in [-0.3, -0.25) is 4.79 Å². The highest BCUT2D eigenvalue weighted by Gasteiger charge is 2.19. The number of hydrogen-bond donors (Lipinski definition) is 1. The zero-order chi connectivity index (χ0) is 18.1. The number of ketones is 1. The summed E-state index contributed by atoms with van der Waals surface area (Å²) in [7, 11) is 0. The van der Waals surface area contributed by atoms with E-state index in [1.807, 2.05) is 58.0 Å². The van der Waals surface area contributed by atoms with Crippen LogP contribution >= 0.6 is 0 Å². The lowest BCUT2D eigenvalue weighted by atomic mass is 9.83. The van der Waals surface area contributed by atoms with E-state index in [9.17, 15) is 9.90 Å². The summed E-state index contributed by atoms with van der Waals surface area (Å²) >= 11 is 0. The Labute approximate surface area is 148 Å². The maximum absolute atomic E-state index is 12.0. The van der Waals surface area contributed by atoms with E-state index in [4.69, 9.17) is 0 Å². The number of carbonyl (C=O) groups excluding carboxylic acids is 1. The van der Waals surface area contributed by atoms with E-state index in [1.165, 1.54) is 0 Å². The van der Waals surface area contributed by atoms with Crippen LogP contribution in [0.25, 0.3) is 5.57 Å². The maximum Gasteiger partial charge on any atom is 0.181 e. The molecule has 2 nitrogen and oxygen atoms in total. The van der Waals surface area contributed by atoms with Gasteiger partial charge >= 0.3 is 0 Å². The van der Waals surface area contributed by atoms with Crippen molar-refractivity contribution in [3.63, 3.8) is 0 Å². The minimum absolute atomic E-state index is 0.0623. The predicted octanol–water partition coefficient (Wildman–Crippen LogP) is 5.29. The van der Waals surface area contributed by atoms with Crippen molar-refractivity contribution >= 4 is 11.4 Å². The molecule has 1 N–H and O–H groups in total. The maximum atomic E-state index is 12.0. The van der Waals surface area contributed by atoms with Gasteiger partial charge in [0.2, 0.25) is 0 Å². The molecule has 0 atom stereocenters. The molecule has 126 valence electrons. The number of allylic oxidation sites excluding steroid dienone is 5. The minimum atomic E-state index is 0.0623. The zero-order valence-corrected chi connectivity index (χ0v) is 15.1. The summed E-state index contributed by atoms with van der Waals surface area (Å²) in [6, 6.07) is 14.0. The first-order valence-electron chi connectivity index (χ1n) is 8.40. The van der Waals surface area contributed by atoms with Gasteiger partial charge in [0.05, 0.1) is 0 Å². The minimum Gasteiger partial charge on any atom is -0.508 e. The number of aryl methyl sites for hydroxylation is 2. The number of phenols is 1. The number of carbonyl (C=O) groups is 1. The van der Waals surface area contributed by atoms with Gasteiger partial charge in [-0.2, -0.15) is 0 Å². The van der Waals surface area contributed by atoms with E-state index in [0.717, 1.165) is 44.5 Å². The molecule has 0 aliphatic heterocycles. The van der Waals surface area contributed by atoms with Crippen molar-refractivity contribution in [1.82, 2.24) is 0 Å². The molecular formula is C23H22O2. The van der Waals surface area contributed by atoms with Crippen molar-refractivity contribution in [3.05, 3.63) is 93.6 Å². The molecular weight excluding hydrogens is 308 g/mol. The molecule has 0 bridgehead atoms. The van der Waals surface area contributed by atoms with Crippen LogP contribution < -0.4 is 0 Å². The van der Waals surface area contributed by atoms with E-state index in [-0.39, 0.29) is 5.78 Å². The van der Waals surface area contributed by atoms with Crippen molar-refractivity contribution in [2.24, 2.45) is 0 Å². The molecule has 3 rings (SSSR count). The summed E-state index contributed by atoms with van der Waals surface area (Å²) in [5.41, 5.74) is 7.84. The Morgan fingerprint density at radius 2 is 1.52 bits per heavy atom. The predicted molar refractivity (Wildman–Crippen MR) is 103 cm³/mol. The molecule has 2 aromatic rings. The molecule has 0 amide bonds. The normalized spacial score (nSPS) is 16.4. The topological polar surface area (TPSA) is 37.3 Å². The van der Waals surface area contributed by atoms with Gasteiger partial charge in [0.1, 0.15) is 5.75 Å². The number of rotatable bonds is 2. The highest BCUT2D eigenvalue weighted by molar-refractivity contribution is 6.08. The molecule has 1 aliphatic carbocycles. The van der Waals surface area contributed by atoms with Crippen molar-refractivity contribution in [1.29, 1.82) is 0 Å². The summed E-state index contributed by atoms with van der Waals surface area (Å²) in [6.45, 7) is 7.73. The van der Waals surface area contributed by atoms with Crippen LogP contribution in [0.4, 0.5) is 0 Å². The Morgan fingerprint density at radius 3 is 2.20 bits per heavy atom. The van der Waals surface area contributed by atoms with Crippen LogP contribution in [-0.2, 0) is 4.79 Å². The lowest BCUT2D eigenvalue weighted by molar-refractivity contribution is -0.111. The van der Waals surface area contributed by atoms with E-state index < -0.39 is 0 Å². The van der Waals surface area contributed by atoms with Crippen LogP contribution in [0.5, 0.6) is 5.75 Å². The molecule has 2 heteroatoms. The van der Waals surface area contributed by atoms with Gasteiger partial charge < -0.3 is 5.11 Å². The van der Waals surface area contributed by atoms with E-state index in [1.54, 1.807) is 12.1 Å². The molecule has 0 heterocycles. The second-order valence-electron chi connectivity index (χ2n) is 6.63. The number of benzene rings is 2. The molecule has 0 spiro atoms. The number of phenolic OH excluding ortho intramolecular Hbond substituents is 1. The van der Waals surface area contributed by atoms with Crippen LogP contribution in [0, 0.1) is 13.8 Å². The molecule has 0 unspecified atom stereocenters. The summed E-state index contributed by atoms with van der Waals surface area (Å²) < 4.78 is 0. The Balaban J connectivity index is 2.37. The summed E-state index contributed by atoms with van der Waals surface area (Å²) in [5, 5.41) is 10.0. The fourth-order valence-corrected chi connectivity index (χ4v) is 3.19. The quantitative estimate of drug-likeness (QED) is 0.812. The summed E-state index contributed by atoms with van der Waals surface area (Å²) in [6.07, 6.45) is 3.68. The summed E-state index contributed by atoms with van der Waals surface area (Å²) in [4.78, 5) is 12.0. The van der Waals surface area contributed by atoms with Crippen molar-refractivity contribution < 1.29 is 9.90 Å². The Morgan fingerprint density at radius 1 is 0.840 bits per heavy atom. The number of aromatic hydroxyl groups is 1. The fourth-order valence-electron chi connectivity index (χ4n) is 3.19. The molecule has 0 saturated heterocycles. The standard InChI is InChI=1S/C23H22O2/c1-14-12-21(24)16(3)10-19(14)23(18-8-6-5-7-9-18)20-11-17(4)22(25)13-15(20)2/h5-13,24H,1-4H3/b23-20+. The Hall–Kier alpha value is -2.87. The fraction of sp³-hybridized carbons (Fsp3) is 0.174. The van der Waals surface area contributed by atoms with Crippen molar-refractivity contribution in [2.75, 3.05) is 0 Å². The largest absolute Gasteiger partial charge is 0.508 e. The van der Waals surface area contributed by atoms with Crippen LogP contribution in [0.2, 0.25) is 0 Å². The van der Waals surface area contributed by atoms with Crippen LogP contribution in [0.1, 0.15) is 36.1 Å². The zero-order valence-electron chi connectivity index (χ0n) is 15.1. The van der Waals surface area contributed by atoms with Crippen LogP contribution in [0.3, 0.4) is 0 Å². The first-order chi connectivity index (χ1) is 11.9. The monoisotopic (exact) mass is 330 g/mol. The van der Waals surface area contributed by atoms with Gasteiger partial charge in [-0.15, -0.1) is 0 Å². The summed E-state index contributed by atoms with van der Waals surface area (Å²) in [5.74, 6) is 0.365. The van der Waals surface area contributed by atoms with E-state index >= 15 is 0 Å². The second kappa shape index (κ2) is 6.56. The number of hydrogen-bond acceptors (Lipinski definition) is 2. The van der Waals surface area contributed by atoms with Crippen molar-refractivity contribution in [2.45, 2.75) is 27.7 Å². The SMILES string of the molecule is CC1=C/C(=C(/c2ccccc2)c2cc(C)c(O)cc2C)C(C)=CC1=O. The van der Waals surface area contributed by atoms with E-state index in [0.29, 0.717) is 5.75 Å². The van der Waals surface area contributed by atoms with Gasteiger partial charge in [0.25, 0.3) is 0 Å². The highest BCUT2D eigenvalue weighted by atomic mass is 16.3. The molecule has 0 fully saturated rings. The average molecular weight is 330 g/mol. The van der Waals surface area contributed by atoms with E-state index in [2.05, 4.69) is 12.1 Å². The first kappa shape index (κ1) is 17.0. The molecule has 0 saturated carbocycles. The third-order valence-electron chi connectivity index (χ3n) is 4.67.